The van der Waals surface area contributed by atoms with E-state index in [1.807, 2.05) is 0 Å². The average molecular weight is 723 g/mol. The third-order valence-corrected chi connectivity index (χ3v) is 11.2. The number of amides is 2. The van der Waals surface area contributed by atoms with E-state index in [-0.39, 0.29) is 82.4 Å². The van der Waals surface area contributed by atoms with Crippen LogP contribution < -0.4 is 10.1 Å². The van der Waals surface area contributed by atoms with Crippen molar-refractivity contribution in [3.8, 4) is 5.75 Å². The number of hydrogen-bond acceptors (Lipinski definition) is 7. The Kier molecular flexibility index (Phi) is 10.8. The summed E-state index contributed by atoms with van der Waals surface area (Å²) in [4.78, 5) is 32.4. The fourth-order valence-corrected chi connectivity index (χ4v) is 7.64. The summed E-state index contributed by atoms with van der Waals surface area (Å²) in [6, 6.07) is 7.26. The van der Waals surface area contributed by atoms with Gasteiger partial charge in [0.25, 0.3) is 11.8 Å². The van der Waals surface area contributed by atoms with Gasteiger partial charge in [-0.2, -0.15) is 4.31 Å². The lowest BCUT2D eigenvalue weighted by Gasteiger charge is -2.36. The Morgan fingerprint density at radius 2 is 1.72 bits per heavy atom. The highest BCUT2D eigenvalue weighted by molar-refractivity contribution is 7.92. The van der Waals surface area contributed by atoms with Gasteiger partial charge < -0.3 is 20.1 Å². The van der Waals surface area contributed by atoms with E-state index >= 15 is 0 Å². The summed E-state index contributed by atoms with van der Waals surface area (Å²) in [7, 11) is -3.89. The number of sulfonamides is 1. The average Bonchev–Trinajstić information content (AvgIpc) is 3.37. The van der Waals surface area contributed by atoms with Crippen molar-refractivity contribution in [2.45, 2.75) is 76.4 Å². The molecule has 2 saturated heterocycles. The van der Waals surface area contributed by atoms with Crippen LogP contribution in [0, 0.1) is 19.7 Å². The molecule has 0 unspecified atom stereocenters. The van der Waals surface area contributed by atoms with Crippen LogP contribution in [0.25, 0.3) is 6.08 Å². The second-order valence-electron chi connectivity index (χ2n) is 13.5. The number of piperidine rings is 2. The summed E-state index contributed by atoms with van der Waals surface area (Å²) in [5, 5.41) is 14.0. The molecule has 10 nitrogen and oxygen atoms in total. The number of amidine groups is 1. The van der Waals surface area contributed by atoms with Crippen LogP contribution in [-0.4, -0.2) is 96.9 Å². The van der Waals surface area contributed by atoms with Crippen molar-refractivity contribution >= 4 is 33.7 Å². The number of carbonyl (C=O) groups is 2. The first kappa shape index (κ1) is 37.4. The first-order chi connectivity index (χ1) is 23.4. The highest BCUT2D eigenvalue weighted by Crippen LogP contribution is 2.33. The Bertz CT molecular complexity index is 1770. The van der Waals surface area contributed by atoms with Gasteiger partial charge in [-0.1, -0.05) is 0 Å². The zero-order valence-corrected chi connectivity index (χ0v) is 29.1. The molecule has 15 heteroatoms. The zero-order valence-electron chi connectivity index (χ0n) is 28.3. The molecule has 3 aliphatic rings. The van der Waals surface area contributed by atoms with Gasteiger partial charge in [-0.05, 0) is 106 Å². The van der Waals surface area contributed by atoms with Crippen LogP contribution in [0.2, 0.25) is 0 Å². The second kappa shape index (κ2) is 14.4. The molecule has 1 spiro atoms. The quantitative estimate of drug-likeness (QED) is 0.251. The lowest BCUT2D eigenvalue weighted by molar-refractivity contribution is -0.124. The van der Waals surface area contributed by atoms with E-state index in [0.29, 0.717) is 27.8 Å². The lowest BCUT2D eigenvalue weighted by atomic mass is 9.89. The minimum Gasteiger partial charge on any atom is -0.490 e. The van der Waals surface area contributed by atoms with Crippen molar-refractivity contribution in [3.63, 3.8) is 0 Å². The molecule has 0 bridgehead atoms. The van der Waals surface area contributed by atoms with Crippen molar-refractivity contribution in [2.75, 3.05) is 39.5 Å². The molecule has 2 amide bonds. The van der Waals surface area contributed by atoms with Gasteiger partial charge in [0.1, 0.15) is 18.0 Å². The van der Waals surface area contributed by atoms with E-state index in [9.17, 15) is 40.7 Å². The first-order valence-electron chi connectivity index (χ1n) is 16.5. The summed E-state index contributed by atoms with van der Waals surface area (Å²) in [6.45, 7) is 3.89. The van der Waals surface area contributed by atoms with E-state index in [4.69, 9.17) is 4.74 Å². The molecule has 0 atom stereocenters. The molecule has 0 saturated carbocycles. The summed E-state index contributed by atoms with van der Waals surface area (Å²) >= 11 is 0. The minimum absolute atomic E-state index is 0.0193. The number of ether oxygens (including phenoxy) is 1. The number of halogens is 4. The number of nitrogens with one attached hydrogen (secondary N) is 1. The number of aliphatic imine (C=N–C) groups is 1. The van der Waals surface area contributed by atoms with Gasteiger partial charge in [0.2, 0.25) is 15.9 Å². The van der Waals surface area contributed by atoms with Crippen LogP contribution in [0.15, 0.2) is 40.7 Å². The number of benzene rings is 2. The van der Waals surface area contributed by atoms with Crippen molar-refractivity contribution in [1.82, 2.24) is 14.5 Å². The first-order valence-corrected chi connectivity index (χ1v) is 18.0. The molecule has 0 aromatic heterocycles. The molecule has 2 fully saturated rings. The van der Waals surface area contributed by atoms with E-state index in [1.54, 1.807) is 30.9 Å². The molecule has 3 heterocycles. The number of aryl methyl sites for hydroxylation is 2. The predicted octanol–water partition coefficient (Wildman–Crippen LogP) is 4.91. The minimum atomic E-state index is -3.89. The van der Waals surface area contributed by atoms with Gasteiger partial charge >= 0.3 is 0 Å². The largest absolute Gasteiger partial charge is 0.490 e. The molecule has 0 aliphatic carbocycles. The van der Waals surface area contributed by atoms with Gasteiger partial charge in [-0.3, -0.25) is 14.6 Å². The molecular formula is C35H42F4N4O6S. The number of likely N-dealkylation sites (tertiary alicyclic amines) is 1. The summed E-state index contributed by atoms with van der Waals surface area (Å²) in [6.07, 6.45) is 1.63. The van der Waals surface area contributed by atoms with Gasteiger partial charge in [0.15, 0.2) is 11.6 Å². The van der Waals surface area contributed by atoms with Crippen molar-refractivity contribution in [3.05, 3.63) is 69.4 Å². The molecule has 3 aliphatic heterocycles. The fourth-order valence-electron chi connectivity index (χ4n) is 6.47. The molecule has 5 rings (SSSR count). The summed E-state index contributed by atoms with van der Waals surface area (Å²) in [5.74, 6) is -4.16. The number of hydrogen-bond donors (Lipinski definition) is 2. The molecule has 50 heavy (non-hydrogen) atoms. The predicted molar refractivity (Wildman–Crippen MR) is 180 cm³/mol. The van der Waals surface area contributed by atoms with Gasteiger partial charge in [0, 0.05) is 49.1 Å². The SMILES string of the molecule is Cc1cc(C(=O)N2CCC(O)(CF)CC2)cc(C)c1/C=C/S(=O)(=O)N1CCC2(CC1)N=C(c1ccc(F)c(OCCCC(C)(F)F)c1)NC2=O. The highest BCUT2D eigenvalue weighted by Gasteiger charge is 2.47. The Balaban J connectivity index is 1.22. The van der Waals surface area contributed by atoms with Gasteiger partial charge in [0.05, 0.1) is 12.2 Å². The topological polar surface area (TPSA) is 129 Å². The standard InChI is InChI=1S/C35H42F4N4O6S/c1-23-19-26(31(44)42-13-9-34(46,22-36)10-14-42)20-24(2)27(23)7-18-50(47,48)43-15-11-35(12-16-43)32(45)40-30(41-35)25-5-6-28(37)29(21-25)49-17-4-8-33(3,38)39/h5-7,18-21,46H,4,8-17,22H2,1-3H3,(H,40,41,45)/b18-7+. The number of nitrogens with zero attached hydrogens (tertiary/aromatic N) is 3. The van der Waals surface area contributed by atoms with E-state index in [2.05, 4.69) is 10.3 Å². The molecule has 2 aromatic rings. The molecule has 272 valence electrons. The Hall–Kier alpha value is -3.82. The summed E-state index contributed by atoms with van der Waals surface area (Å²) in [5.41, 5.74) is 0.201. The summed E-state index contributed by atoms with van der Waals surface area (Å²) < 4.78 is 87.0. The Labute approximate surface area is 289 Å². The molecular weight excluding hydrogens is 680 g/mol. The van der Waals surface area contributed by atoms with Crippen LogP contribution in [-0.2, 0) is 14.8 Å². The number of rotatable bonds is 11. The maximum Gasteiger partial charge on any atom is 0.253 e. The number of aliphatic hydroxyl groups is 1. The van der Waals surface area contributed by atoms with Gasteiger partial charge in [-0.25, -0.2) is 26.0 Å². The Morgan fingerprint density at radius 1 is 1.08 bits per heavy atom. The smallest absolute Gasteiger partial charge is 0.253 e. The lowest BCUT2D eigenvalue weighted by Crippen LogP contribution is -2.50. The Morgan fingerprint density at radius 3 is 2.32 bits per heavy atom. The normalized spacial score (nSPS) is 19.6. The van der Waals surface area contributed by atoms with Crippen LogP contribution in [0.5, 0.6) is 5.75 Å². The van der Waals surface area contributed by atoms with E-state index < -0.39 is 51.9 Å². The second-order valence-corrected chi connectivity index (χ2v) is 15.4. The maximum atomic E-state index is 14.4. The van der Waals surface area contributed by atoms with Crippen LogP contribution in [0.1, 0.15) is 78.1 Å². The zero-order chi connectivity index (χ0) is 36.5. The number of carbonyl (C=O) groups excluding carboxylic acids is 2. The van der Waals surface area contributed by atoms with Crippen molar-refractivity contribution < 1.29 is 45.4 Å². The highest BCUT2D eigenvalue weighted by atomic mass is 32.2. The molecule has 2 N–H and O–H groups in total. The third-order valence-electron chi connectivity index (χ3n) is 9.59. The molecule has 0 radical (unpaired) electrons. The monoisotopic (exact) mass is 722 g/mol. The third kappa shape index (κ3) is 8.37. The van der Waals surface area contributed by atoms with Gasteiger partial charge in [-0.15, -0.1) is 0 Å². The number of alkyl halides is 3. The van der Waals surface area contributed by atoms with Crippen molar-refractivity contribution in [1.29, 1.82) is 0 Å². The van der Waals surface area contributed by atoms with Crippen LogP contribution in [0.3, 0.4) is 0 Å². The fraction of sp³-hybridized carbons (Fsp3) is 0.514. The molecule has 2 aromatic carbocycles. The maximum absolute atomic E-state index is 14.4. The van der Waals surface area contributed by atoms with E-state index in [0.717, 1.165) is 18.4 Å². The van der Waals surface area contributed by atoms with E-state index in [1.165, 1.54) is 22.5 Å². The van der Waals surface area contributed by atoms with Crippen LogP contribution >= 0.6 is 0 Å². The van der Waals surface area contributed by atoms with Crippen molar-refractivity contribution in [2.24, 2.45) is 4.99 Å². The van der Waals surface area contributed by atoms with Crippen LogP contribution in [0.4, 0.5) is 17.6 Å².